The minimum absolute atomic E-state index is 0.0362. The van der Waals surface area contributed by atoms with Gasteiger partial charge in [0.25, 0.3) is 5.91 Å². The molecule has 1 aromatic heterocycles. The van der Waals surface area contributed by atoms with Gasteiger partial charge in [0, 0.05) is 5.69 Å². The summed E-state index contributed by atoms with van der Waals surface area (Å²) in [6, 6.07) is 10.4. The second kappa shape index (κ2) is 8.91. The predicted molar refractivity (Wildman–Crippen MR) is 107 cm³/mol. The standard InChI is InChI=1S/C19H20N2O3S2/c22-17(16-7-4-12-26-16)21-19(25)20-14-10-8-13(9-11-14)18(23)24-15-5-2-1-3-6-15/h4,7-12,15H,1-3,5-6H2,(H2,20,21,22,25). The lowest BCUT2D eigenvalue weighted by molar-refractivity contribution is 0.0211. The molecule has 1 saturated carbocycles. The number of carbonyl (C=O) groups is 2. The van der Waals surface area contributed by atoms with E-state index < -0.39 is 0 Å². The van der Waals surface area contributed by atoms with Crippen molar-refractivity contribution in [2.24, 2.45) is 0 Å². The van der Waals surface area contributed by atoms with Crippen molar-refractivity contribution in [3.63, 3.8) is 0 Å². The van der Waals surface area contributed by atoms with E-state index in [-0.39, 0.29) is 23.1 Å². The molecule has 0 unspecified atom stereocenters. The Balaban J connectivity index is 1.51. The van der Waals surface area contributed by atoms with E-state index in [2.05, 4.69) is 10.6 Å². The first-order valence-corrected chi connectivity index (χ1v) is 9.87. The Morgan fingerprint density at radius 2 is 1.81 bits per heavy atom. The molecule has 1 aliphatic rings. The van der Waals surface area contributed by atoms with Crippen molar-refractivity contribution in [3.8, 4) is 0 Å². The molecule has 1 aliphatic carbocycles. The van der Waals surface area contributed by atoms with E-state index in [1.165, 1.54) is 17.8 Å². The molecule has 1 amide bonds. The van der Waals surface area contributed by atoms with Crippen molar-refractivity contribution in [1.29, 1.82) is 0 Å². The number of rotatable bonds is 4. The first-order chi connectivity index (χ1) is 12.6. The van der Waals surface area contributed by atoms with Gasteiger partial charge in [-0.1, -0.05) is 12.5 Å². The predicted octanol–water partition coefficient (Wildman–Crippen LogP) is 4.36. The first-order valence-electron chi connectivity index (χ1n) is 8.59. The molecule has 2 aromatic rings. The molecule has 136 valence electrons. The molecule has 1 heterocycles. The van der Waals surface area contributed by atoms with Crippen LogP contribution in [0, 0.1) is 0 Å². The molecule has 2 N–H and O–H groups in total. The number of anilines is 1. The second-order valence-corrected chi connectivity index (χ2v) is 7.48. The highest BCUT2D eigenvalue weighted by molar-refractivity contribution is 7.80. The van der Waals surface area contributed by atoms with E-state index in [0.29, 0.717) is 16.1 Å². The van der Waals surface area contributed by atoms with Crippen LogP contribution in [0.5, 0.6) is 0 Å². The van der Waals surface area contributed by atoms with Gasteiger partial charge < -0.3 is 10.1 Å². The van der Waals surface area contributed by atoms with Crippen molar-refractivity contribution < 1.29 is 14.3 Å². The summed E-state index contributed by atoms with van der Waals surface area (Å²) < 4.78 is 5.55. The number of thiocarbonyl (C=S) groups is 1. The molecule has 0 atom stereocenters. The van der Waals surface area contributed by atoms with E-state index in [9.17, 15) is 9.59 Å². The van der Waals surface area contributed by atoms with Gasteiger partial charge in [-0.2, -0.15) is 0 Å². The highest BCUT2D eigenvalue weighted by Crippen LogP contribution is 2.21. The molecular formula is C19H20N2O3S2. The lowest BCUT2D eigenvalue weighted by atomic mass is 9.98. The molecule has 0 spiro atoms. The summed E-state index contributed by atoms with van der Waals surface area (Å²) in [5, 5.41) is 7.60. The molecule has 26 heavy (non-hydrogen) atoms. The Labute approximate surface area is 161 Å². The van der Waals surface area contributed by atoms with Crippen LogP contribution < -0.4 is 10.6 Å². The van der Waals surface area contributed by atoms with Gasteiger partial charge in [-0.05, 0) is 73.6 Å². The zero-order chi connectivity index (χ0) is 18.4. The van der Waals surface area contributed by atoms with Crippen LogP contribution in [0.4, 0.5) is 5.69 Å². The van der Waals surface area contributed by atoms with Crippen LogP contribution in [0.3, 0.4) is 0 Å². The number of nitrogens with one attached hydrogen (secondary N) is 2. The van der Waals surface area contributed by atoms with E-state index in [1.54, 1.807) is 36.4 Å². The molecule has 1 fully saturated rings. The van der Waals surface area contributed by atoms with Crippen LogP contribution in [-0.2, 0) is 4.74 Å². The second-order valence-electron chi connectivity index (χ2n) is 6.13. The topological polar surface area (TPSA) is 67.4 Å². The maximum atomic E-state index is 12.2. The molecular weight excluding hydrogens is 368 g/mol. The molecule has 7 heteroatoms. The SMILES string of the molecule is O=C(OC1CCCCC1)c1ccc(NC(=S)NC(=O)c2cccs2)cc1. The maximum Gasteiger partial charge on any atom is 0.338 e. The molecule has 0 aliphatic heterocycles. The van der Waals surface area contributed by atoms with Crippen molar-refractivity contribution in [1.82, 2.24) is 5.32 Å². The van der Waals surface area contributed by atoms with Gasteiger partial charge in [0.05, 0.1) is 10.4 Å². The zero-order valence-electron chi connectivity index (χ0n) is 14.2. The Bertz CT molecular complexity index is 767. The molecule has 5 nitrogen and oxygen atoms in total. The Morgan fingerprint density at radius 3 is 2.46 bits per heavy atom. The van der Waals surface area contributed by atoms with Gasteiger partial charge in [-0.15, -0.1) is 11.3 Å². The quantitative estimate of drug-likeness (QED) is 0.602. The normalized spacial score (nSPS) is 14.5. The number of benzene rings is 1. The molecule has 3 rings (SSSR count). The van der Waals surface area contributed by atoms with Crippen LogP contribution in [0.25, 0.3) is 0 Å². The third-order valence-corrected chi connectivity index (χ3v) is 5.25. The Morgan fingerprint density at radius 1 is 1.08 bits per heavy atom. The fourth-order valence-corrected chi connectivity index (χ4v) is 3.66. The number of amides is 1. The van der Waals surface area contributed by atoms with Crippen LogP contribution in [0.1, 0.15) is 52.1 Å². The van der Waals surface area contributed by atoms with Crippen molar-refractivity contribution in [2.45, 2.75) is 38.2 Å². The fraction of sp³-hybridized carbons (Fsp3) is 0.316. The maximum absolute atomic E-state index is 12.2. The van der Waals surface area contributed by atoms with Gasteiger partial charge in [-0.25, -0.2) is 4.79 Å². The summed E-state index contributed by atoms with van der Waals surface area (Å²) in [6.07, 6.45) is 5.39. The summed E-state index contributed by atoms with van der Waals surface area (Å²) in [5.41, 5.74) is 1.20. The van der Waals surface area contributed by atoms with E-state index in [1.807, 2.05) is 5.38 Å². The summed E-state index contributed by atoms with van der Waals surface area (Å²) in [7, 11) is 0. The number of carbonyl (C=O) groups excluding carboxylic acids is 2. The largest absolute Gasteiger partial charge is 0.459 e. The van der Waals surface area contributed by atoms with Crippen molar-refractivity contribution in [2.75, 3.05) is 5.32 Å². The van der Waals surface area contributed by atoms with E-state index in [0.717, 1.165) is 25.7 Å². The average Bonchev–Trinajstić information content (AvgIpc) is 3.18. The van der Waals surface area contributed by atoms with Crippen molar-refractivity contribution >= 4 is 46.2 Å². The first kappa shape index (κ1) is 18.5. The van der Waals surface area contributed by atoms with E-state index >= 15 is 0 Å². The smallest absolute Gasteiger partial charge is 0.338 e. The number of thiophene rings is 1. The summed E-state index contributed by atoms with van der Waals surface area (Å²) in [5.74, 6) is -0.540. The monoisotopic (exact) mass is 388 g/mol. The van der Waals surface area contributed by atoms with Crippen LogP contribution in [-0.4, -0.2) is 23.1 Å². The Kier molecular flexibility index (Phi) is 6.35. The third kappa shape index (κ3) is 5.12. The third-order valence-electron chi connectivity index (χ3n) is 4.18. The molecule has 0 bridgehead atoms. The highest BCUT2D eigenvalue weighted by atomic mass is 32.1. The summed E-state index contributed by atoms with van der Waals surface area (Å²) in [6.45, 7) is 0. The molecule has 0 radical (unpaired) electrons. The number of ether oxygens (including phenoxy) is 1. The fourth-order valence-electron chi connectivity index (χ4n) is 2.83. The lowest BCUT2D eigenvalue weighted by Crippen LogP contribution is -2.33. The highest BCUT2D eigenvalue weighted by Gasteiger charge is 2.18. The van der Waals surface area contributed by atoms with Crippen LogP contribution in [0.2, 0.25) is 0 Å². The summed E-state index contributed by atoms with van der Waals surface area (Å²) in [4.78, 5) is 24.7. The van der Waals surface area contributed by atoms with E-state index in [4.69, 9.17) is 17.0 Å². The van der Waals surface area contributed by atoms with Gasteiger partial charge in [0.1, 0.15) is 6.10 Å². The minimum atomic E-state index is -0.294. The Hall–Kier alpha value is -2.25. The molecule has 1 aromatic carbocycles. The summed E-state index contributed by atoms with van der Waals surface area (Å²) >= 11 is 6.50. The van der Waals surface area contributed by atoms with Crippen LogP contribution in [0.15, 0.2) is 41.8 Å². The zero-order valence-corrected chi connectivity index (χ0v) is 15.8. The number of esters is 1. The van der Waals surface area contributed by atoms with Gasteiger partial charge in [0.15, 0.2) is 5.11 Å². The minimum Gasteiger partial charge on any atom is -0.459 e. The lowest BCUT2D eigenvalue weighted by Gasteiger charge is -2.21. The van der Waals surface area contributed by atoms with Crippen LogP contribution >= 0.6 is 23.6 Å². The van der Waals surface area contributed by atoms with Gasteiger partial charge in [-0.3, -0.25) is 10.1 Å². The number of hydrogen-bond donors (Lipinski definition) is 2. The van der Waals surface area contributed by atoms with Crippen molar-refractivity contribution in [3.05, 3.63) is 52.2 Å². The molecule has 0 saturated heterocycles. The van der Waals surface area contributed by atoms with Gasteiger partial charge in [0.2, 0.25) is 0 Å². The average molecular weight is 389 g/mol. The van der Waals surface area contributed by atoms with Gasteiger partial charge >= 0.3 is 5.97 Å². The number of hydrogen-bond acceptors (Lipinski definition) is 5.